The average molecular weight is 1040 g/mol. The van der Waals surface area contributed by atoms with Gasteiger partial charge in [-0.15, -0.1) is 11.3 Å². The maximum Gasteiger partial charge on any atom is 0.251 e. The quantitative estimate of drug-likeness (QED) is 0.0547. The molecule has 0 saturated carbocycles. The molecule has 0 radical (unpaired) electrons. The zero-order chi connectivity index (χ0) is 53.1. The first-order valence-electron chi connectivity index (χ1n) is 26.6. The minimum absolute atomic E-state index is 0.0143. The number of aryl methyl sites for hydroxylation is 1. The number of piperidine rings is 1. The highest BCUT2D eigenvalue weighted by atomic mass is 32.1. The van der Waals surface area contributed by atoms with Gasteiger partial charge in [-0.1, -0.05) is 113 Å². The number of nitrogens with one attached hydrogen (secondary N) is 3. The van der Waals surface area contributed by atoms with Crippen molar-refractivity contribution in [2.75, 3.05) is 31.1 Å². The lowest BCUT2D eigenvalue weighted by molar-refractivity contribution is -0.144. The molecule has 3 aromatic carbocycles. The van der Waals surface area contributed by atoms with Crippen molar-refractivity contribution in [3.05, 3.63) is 119 Å². The zero-order valence-corrected chi connectivity index (χ0v) is 44.7. The van der Waals surface area contributed by atoms with Crippen LogP contribution in [0.2, 0.25) is 0 Å². The van der Waals surface area contributed by atoms with Crippen LogP contribution in [-0.4, -0.2) is 110 Å². The number of aromatic nitrogens is 3. The fraction of sp³-hybridized carbons (Fsp3) is 0.466. The molecule has 4 N–H and O–H groups in total. The number of carbonyl (C=O) groups excluding carboxylic acids is 5. The lowest BCUT2D eigenvalue weighted by atomic mass is 9.85. The van der Waals surface area contributed by atoms with Crippen molar-refractivity contribution in [3.8, 4) is 21.7 Å². The first-order chi connectivity index (χ1) is 36.1. The lowest BCUT2D eigenvalue weighted by Crippen LogP contribution is -2.57. The van der Waals surface area contributed by atoms with Crippen LogP contribution in [0.25, 0.3) is 21.7 Å². The number of rotatable bonds is 20. The number of hydrogen-bond donors (Lipinski definition) is 4. The molecule has 17 heteroatoms. The van der Waals surface area contributed by atoms with Crippen LogP contribution in [0.3, 0.4) is 0 Å². The summed E-state index contributed by atoms with van der Waals surface area (Å²) in [7, 11) is 0. The Bertz CT molecular complexity index is 2770. The number of aliphatic hydroxyl groups excluding tert-OH is 1. The number of unbranched alkanes of at least 4 members (excludes halogenated alkanes) is 5. The van der Waals surface area contributed by atoms with Gasteiger partial charge < -0.3 is 30.9 Å². The van der Waals surface area contributed by atoms with E-state index in [1.807, 2.05) is 119 Å². The van der Waals surface area contributed by atoms with Gasteiger partial charge in [0.25, 0.3) is 5.91 Å². The van der Waals surface area contributed by atoms with E-state index in [4.69, 9.17) is 0 Å². The van der Waals surface area contributed by atoms with Crippen LogP contribution in [0.15, 0.2) is 102 Å². The summed E-state index contributed by atoms with van der Waals surface area (Å²) >= 11 is 1.58. The Kier molecular flexibility index (Phi) is 18.2. The molecule has 2 fully saturated rings. The number of carbonyl (C=O) groups is 5. The van der Waals surface area contributed by atoms with E-state index in [0.717, 1.165) is 82.9 Å². The summed E-state index contributed by atoms with van der Waals surface area (Å²) in [6.07, 6.45) is 10.3. The SMILES string of the molecule is Cc1ncsc1-c1ccc([C@H](C)NC(=O)[C@@H]2C[C@@H](O)CN2C(=O)[C@@H](NC(=O)CCCCCCCCNC(=O)c2ccc(-c3cc(N4CCC(C(=O)N5N=CCC5c5ccccc5)CC4)ncn3)cc2)C(C)(C)C)cc1. The molecule has 8 rings (SSSR count). The van der Waals surface area contributed by atoms with Gasteiger partial charge in [-0.3, -0.25) is 24.0 Å². The molecule has 3 aliphatic rings. The van der Waals surface area contributed by atoms with Gasteiger partial charge in [0.15, 0.2) is 0 Å². The first kappa shape index (κ1) is 54.4. The number of hydrazone groups is 1. The molecule has 0 bridgehead atoms. The van der Waals surface area contributed by atoms with E-state index in [9.17, 15) is 29.1 Å². The maximum absolute atomic E-state index is 14.1. The summed E-state index contributed by atoms with van der Waals surface area (Å²) in [4.78, 5) is 85.8. The molecule has 5 amide bonds. The van der Waals surface area contributed by atoms with E-state index in [1.54, 1.807) is 22.7 Å². The zero-order valence-electron chi connectivity index (χ0n) is 43.9. The predicted molar refractivity (Wildman–Crippen MR) is 293 cm³/mol. The summed E-state index contributed by atoms with van der Waals surface area (Å²) in [5.41, 5.74) is 7.42. The van der Waals surface area contributed by atoms with Crippen LogP contribution in [0.1, 0.15) is 138 Å². The number of benzene rings is 3. The normalized spacial score (nSPS) is 18.7. The van der Waals surface area contributed by atoms with Crippen molar-refractivity contribution in [1.82, 2.24) is 40.8 Å². The predicted octanol–water partition coefficient (Wildman–Crippen LogP) is 8.58. The summed E-state index contributed by atoms with van der Waals surface area (Å²) in [5.74, 6) is -0.293. The number of hydrogen-bond acceptors (Lipinski definition) is 12. The second-order valence-electron chi connectivity index (χ2n) is 21.3. The Morgan fingerprint density at radius 1 is 0.827 bits per heavy atom. The summed E-state index contributed by atoms with van der Waals surface area (Å²) in [6, 6.07) is 25.3. The van der Waals surface area contributed by atoms with Crippen LogP contribution >= 0.6 is 11.3 Å². The number of thiazole rings is 1. The molecule has 75 heavy (non-hydrogen) atoms. The Morgan fingerprint density at radius 3 is 2.21 bits per heavy atom. The maximum atomic E-state index is 14.1. The monoisotopic (exact) mass is 1040 g/mol. The fourth-order valence-corrected chi connectivity index (χ4v) is 11.1. The number of likely N-dealkylation sites (tertiary alicyclic amines) is 1. The Labute approximate surface area is 444 Å². The van der Waals surface area contributed by atoms with E-state index < -0.39 is 23.6 Å². The van der Waals surface area contributed by atoms with E-state index in [2.05, 4.69) is 53.0 Å². The molecule has 5 heterocycles. The van der Waals surface area contributed by atoms with Crippen molar-refractivity contribution in [2.24, 2.45) is 16.4 Å². The fourth-order valence-electron chi connectivity index (χ4n) is 10.3. The molecule has 1 unspecified atom stereocenters. The van der Waals surface area contributed by atoms with Crippen LogP contribution in [-0.2, 0) is 19.2 Å². The molecule has 5 aromatic rings. The van der Waals surface area contributed by atoms with Gasteiger partial charge in [-0.05, 0) is 73.8 Å². The van der Waals surface area contributed by atoms with Crippen LogP contribution in [0.4, 0.5) is 5.82 Å². The molecule has 396 valence electrons. The second kappa shape index (κ2) is 25.1. The van der Waals surface area contributed by atoms with Crippen molar-refractivity contribution >= 4 is 52.9 Å². The molecule has 3 aliphatic heterocycles. The van der Waals surface area contributed by atoms with Gasteiger partial charge in [0.05, 0.1) is 40.0 Å². The smallest absolute Gasteiger partial charge is 0.251 e. The van der Waals surface area contributed by atoms with Gasteiger partial charge in [0, 0.05) is 74.8 Å². The second-order valence-corrected chi connectivity index (χ2v) is 22.1. The van der Waals surface area contributed by atoms with Gasteiger partial charge >= 0.3 is 0 Å². The molecule has 2 aromatic heterocycles. The number of anilines is 1. The molecule has 5 atom stereocenters. The third kappa shape index (κ3) is 13.9. The molecule has 0 spiro atoms. The van der Waals surface area contributed by atoms with Gasteiger partial charge in [-0.25, -0.2) is 20.0 Å². The highest BCUT2D eigenvalue weighted by Crippen LogP contribution is 2.34. The van der Waals surface area contributed by atoms with Gasteiger partial charge in [-0.2, -0.15) is 5.10 Å². The highest BCUT2D eigenvalue weighted by Gasteiger charge is 2.45. The molecule has 2 saturated heterocycles. The van der Waals surface area contributed by atoms with E-state index in [-0.39, 0.29) is 66.9 Å². The number of amides is 5. The van der Waals surface area contributed by atoms with Crippen molar-refractivity contribution in [1.29, 1.82) is 0 Å². The summed E-state index contributed by atoms with van der Waals surface area (Å²) in [5, 5.41) is 25.9. The molecular weight excluding hydrogens is 965 g/mol. The average Bonchev–Trinajstić information content (AvgIpc) is 4.20. The third-order valence-corrected chi connectivity index (χ3v) is 15.7. The van der Waals surface area contributed by atoms with Crippen molar-refractivity contribution < 1.29 is 29.1 Å². The largest absolute Gasteiger partial charge is 0.391 e. The van der Waals surface area contributed by atoms with Crippen molar-refractivity contribution in [3.63, 3.8) is 0 Å². The number of nitrogens with zero attached hydrogens (tertiary/aromatic N) is 7. The first-order valence-corrected chi connectivity index (χ1v) is 27.5. The van der Waals surface area contributed by atoms with Gasteiger partial charge in [0.1, 0.15) is 24.2 Å². The highest BCUT2D eigenvalue weighted by molar-refractivity contribution is 7.13. The molecule has 16 nitrogen and oxygen atoms in total. The standard InChI is InChI=1S/C58H72N10O6S/c1-38(40-18-22-43(23-19-40)52-39(2)62-37-75-52)64-55(72)49-33-46(69)35-67(49)57(74)53(58(3,4)5)65-51(70)17-13-8-6-7-9-14-29-59-54(71)44-24-20-41(21-25-44)47-34-50(61-36-60-47)66-31-27-45(28-32-66)56(73)68-48(26-30-63-68)42-15-11-10-12-16-42/h10-12,15-16,18-25,30,34,36-38,45-46,48-49,53,69H,6-9,13-14,17,26-29,31-33,35H2,1-5H3,(H,59,71)(H,64,72)(H,65,70)/t38-,46+,48?,49-,53+/m0/s1. The summed E-state index contributed by atoms with van der Waals surface area (Å²) in [6.45, 7) is 11.5. The van der Waals surface area contributed by atoms with E-state index in [0.29, 0.717) is 44.5 Å². The van der Waals surface area contributed by atoms with Crippen molar-refractivity contribution in [2.45, 2.75) is 136 Å². The number of β-amino-alcohol motifs (C(OH)–C–C–N with tert-alkyl or cyclic N) is 1. The van der Waals surface area contributed by atoms with Crippen LogP contribution < -0.4 is 20.9 Å². The Morgan fingerprint density at radius 2 is 1.52 bits per heavy atom. The Balaban J connectivity index is 0.708. The molecule has 0 aliphatic carbocycles. The minimum atomic E-state index is -0.878. The number of aliphatic hydroxyl groups is 1. The molecular formula is C58H72N10O6S. The Hall–Kier alpha value is -6.85. The van der Waals surface area contributed by atoms with E-state index >= 15 is 0 Å². The summed E-state index contributed by atoms with van der Waals surface area (Å²) < 4.78 is 0. The van der Waals surface area contributed by atoms with Crippen LogP contribution in [0, 0.1) is 18.3 Å². The minimum Gasteiger partial charge on any atom is -0.391 e. The van der Waals surface area contributed by atoms with E-state index in [1.165, 1.54) is 4.90 Å². The van der Waals surface area contributed by atoms with Crippen LogP contribution in [0.5, 0.6) is 0 Å². The van der Waals surface area contributed by atoms with Gasteiger partial charge in [0.2, 0.25) is 23.6 Å². The third-order valence-electron chi connectivity index (χ3n) is 14.7. The topological polar surface area (TPSA) is 202 Å². The lowest BCUT2D eigenvalue weighted by Gasteiger charge is -2.35.